The minimum Gasteiger partial charge on any atom is -0.483 e. The number of ether oxygens (including phenoxy) is 1. The summed E-state index contributed by atoms with van der Waals surface area (Å²) >= 11 is 0. The predicted octanol–water partition coefficient (Wildman–Crippen LogP) is 4.61. The average molecular weight is 387 g/mol. The molecule has 28 heavy (non-hydrogen) atoms. The van der Waals surface area contributed by atoms with Gasteiger partial charge >= 0.3 is 0 Å². The fourth-order valence-corrected chi connectivity index (χ4v) is 4.49. The third-order valence-corrected chi connectivity index (χ3v) is 6.41. The van der Waals surface area contributed by atoms with Crippen LogP contribution in [-0.4, -0.2) is 55.0 Å². The number of nitrogens with zero attached hydrogens (tertiary/aromatic N) is 2. The van der Waals surface area contributed by atoms with Gasteiger partial charge in [0.15, 0.2) is 6.61 Å². The number of benzene rings is 1. The molecule has 2 fully saturated rings. The Kier molecular flexibility index (Phi) is 7.78. The molecule has 0 N–H and O–H groups in total. The summed E-state index contributed by atoms with van der Waals surface area (Å²) in [6.07, 6.45) is 7.71. The van der Waals surface area contributed by atoms with E-state index in [-0.39, 0.29) is 12.5 Å². The number of carbonyl (C=O) groups is 1. The molecule has 0 atom stereocenters. The summed E-state index contributed by atoms with van der Waals surface area (Å²) < 4.78 is 5.95. The lowest BCUT2D eigenvalue weighted by Crippen LogP contribution is -2.41. The number of hydrogen-bond donors (Lipinski definition) is 0. The highest BCUT2D eigenvalue weighted by molar-refractivity contribution is 5.77. The van der Waals surface area contributed by atoms with E-state index in [0.29, 0.717) is 5.92 Å². The predicted molar refractivity (Wildman–Crippen MR) is 115 cm³/mol. The molecule has 0 aliphatic carbocycles. The fourth-order valence-electron chi connectivity index (χ4n) is 4.49. The normalized spacial score (nSPS) is 19.2. The first-order chi connectivity index (χ1) is 13.5. The van der Waals surface area contributed by atoms with Gasteiger partial charge in [-0.3, -0.25) is 4.79 Å². The second-order valence-electron chi connectivity index (χ2n) is 9.00. The van der Waals surface area contributed by atoms with E-state index in [2.05, 4.69) is 43.9 Å². The van der Waals surface area contributed by atoms with Crippen molar-refractivity contribution >= 4 is 5.91 Å². The van der Waals surface area contributed by atoms with Gasteiger partial charge in [0.05, 0.1) is 0 Å². The summed E-state index contributed by atoms with van der Waals surface area (Å²) in [6.45, 7) is 12.1. The van der Waals surface area contributed by atoms with E-state index in [9.17, 15) is 4.79 Å². The maximum atomic E-state index is 12.6. The largest absolute Gasteiger partial charge is 0.483 e. The van der Waals surface area contributed by atoms with Crippen LogP contribution < -0.4 is 4.74 Å². The maximum absolute atomic E-state index is 12.6. The highest BCUT2D eigenvalue weighted by Gasteiger charge is 2.24. The van der Waals surface area contributed by atoms with Crippen molar-refractivity contribution in [1.82, 2.24) is 9.80 Å². The lowest BCUT2D eigenvalue weighted by Gasteiger charge is -2.34. The van der Waals surface area contributed by atoms with Crippen LogP contribution in [0.2, 0.25) is 0 Å². The molecule has 0 saturated carbocycles. The van der Waals surface area contributed by atoms with Crippen molar-refractivity contribution in [1.29, 1.82) is 0 Å². The van der Waals surface area contributed by atoms with E-state index >= 15 is 0 Å². The van der Waals surface area contributed by atoms with Crippen LogP contribution in [0, 0.1) is 12.8 Å². The van der Waals surface area contributed by atoms with E-state index in [0.717, 1.165) is 37.6 Å². The van der Waals surface area contributed by atoms with Gasteiger partial charge in [-0.1, -0.05) is 32.4 Å². The van der Waals surface area contributed by atoms with Gasteiger partial charge in [0.2, 0.25) is 0 Å². The minimum atomic E-state index is 0.130. The number of rotatable bonds is 7. The molecule has 0 spiro atoms. The summed E-state index contributed by atoms with van der Waals surface area (Å²) in [5.41, 5.74) is 2.34. The third-order valence-electron chi connectivity index (χ3n) is 6.41. The zero-order valence-electron chi connectivity index (χ0n) is 18.1. The molecule has 2 saturated heterocycles. The van der Waals surface area contributed by atoms with Crippen molar-refractivity contribution in [2.45, 2.75) is 65.2 Å². The number of carbonyl (C=O) groups excluding carboxylic acids is 1. The Morgan fingerprint density at radius 3 is 2.50 bits per heavy atom. The molecular weight excluding hydrogens is 348 g/mol. The van der Waals surface area contributed by atoms with Gasteiger partial charge in [-0.25, -0.2) is 0 Å². The molecule has 2 heterocycles. The average Bonchev–Trinajstić information content (AvgIpc) is 2.71. The summed E-state index contributed by atoms with van der Waals surface area (Å²) in [7, 11) is 0. The standard InChI is InChI=1S/C24H38N2O2/c1-19(2)22-8-7-20(3)17-23(22)28-18-24(27)26-15-10-21(11-16-26)9-14-25-12-5-4-6-13-25/h7-8,17,19,21H,4-6,9-16,18H2,1-3H3. The molecule has 4 nitrogen and oxygen atoms in total. The molecule has 1 amide bonds. The Balaban J connectivity index is 1.41. The van der Waals surface area contributed by atoms with Gasteiger partial charge in [-0.05, 0) is 87.7 Å². The smallest absolute Gasteiger partial charge is 0.260 e. The summed E-state index contributed by atoms with van der Waals surface area (Å²) in [4.78, 5) is 17.3. The van der Waals surface area contributed by atoms with E-state index in [4.69, 9.17) is 4.74 Å². The number of aryl methyl sites for hydroxylation is 1. The molecule has 0 radical (unpaired) electrons. The third kappa shape index (κ3) is 5.97. The van der Waals surface area contributed by atoms with Crippen LogP contribution in [0.1, 0.15) is 69.4 Å². The first-order valence-corrected chi connectivity index (χ1v) is 11.3. The van der Waals surface area contributed by atoms with Crippen LogP contribution >= 0.6 is 0 Å². The highest BCUT2D eigenvalue weighted by Crippen LogP contribution is 2.28. The molecule has 0 bridgehead atoms. The van der Waals surface area contributed by atoms with Crippen molar-refractivity contribution in [2.75, 3.05) is 39.3 Å². The number of likely N-dealkylation sites (tertiary alicyclic amines) is 2. The molecular formula is C24H38N2O2. The monoisotopic (exact) mass is 386 g/mol. The van der Waals surface area contributed by atoms with Crippen LogP contribution in [-0.2, 0) is 4.79 Å². The van der Waals surface area contributed by atoms with Crippen LogP contribution in [0.4, 0.5) is 0 Å². The topological polar surface area (TPSA) is 32.8 Å². The van der Waals surface area contributed by atoms with E-state index in [1.54, 1.807) is 0 Å². The highest BCUT2D eigenvalue weighted by atomic mass is 16.5. The Labute approximate surface area is 171 Å². The second-order valence-corrected chi connectivity index (χ2v) is 9.00. The first kappa shape index (κ1) is 21.2. The molecule has 0 aromatic heterocycles. The maximum Gasteiger partial charge on any atom is 0.260 e. The molecule has 2 aliphatic rings. The van der Waals surface area contributed by atoms with Crippen molar-refractivity contribution < 1.29 is 9.53 Å². The lowest BCUT2D eigenvalue weighted by molar-refractivity contribution is -0.134. The molecule has 3 rings (SSSR count). The zero-order chi connectivity index (χ0) is 19.9. The van der Waals surface area contributed by atoms with Crippen LogP contribution in [0.5, 0.6) is 5.75 Å². The Morgan fingerprint density at radius 1 is 1.11 bits per heavy atom. The molecule has 0 unspecified atom stereocenters. The number of amides is 1. The molecule has 1 aromatic rings. The first-order valence-electron chi connectivity index (χ1n) is 11.3. The summed E-state index contributed by atoms with van der Waals surface area (Å²) in [5.74, 6) is 2.16. The van der Waals surface area contributed by atoms with Crippen molar-refractivity contribution in [3.63, 3.8) is 0 Å². The second kappa shape index (κ2) is 10.3. The van der Waals surface area contributed by atoms with Gasteiger partial charge in [0, 0.05) is 13.1 Å². The van der Waals surface area contributed by atoms with Gasteiger partial charge in [0.1, 0.15) is 5.75 Å². The Hall–Kier alpha value is -1.55. The summed E-state index contributed by atoms with van der Waals surface area (Å²) in [5, 5.41) is 0. The van der Waals surface area contributed by atoms with Crippen LogP contribution in [0.15, 0.2) is 18.2 Å². The fraction of sp³-hybridized carbons (Fsp3) is 0.708. The molecule has 1 aromatic carbocycles. The van der Waals surface area contributed by atoms with Gasteiger partial charge < -0.3 is 14.5 Å². The minimum absolute atomic E-state index is 0.130. The van der Waals surface area contributed by atoms with Crippen molar-refractivity contribution in [2.24, 2.45) is 5.92 Å². The zero-order valence-corrected chi connectivity index (χ0v) is 18.1. The number of hydrogen-bond acceptors (Lipinski definition) is 3. The quantitative estimate of drug-likeness (QED) is 0.686. The van der Waals surface area contributed by atoms with Crippen LogP contribution in [0.25, 0.3) is 0 Å². The van der Waals surface area contributed by atoms with Crippen LogP contribution in [0.3, 0.4) is 0 Å². The van der Waals surface area contributed by atoms with Gasteiger partial charge in [-0.15, -0.1) is 0 Å². The SMILES string of the molecule is Cc1ccc(C(C)C)c(OCC(=O)N2CCC(CCN3CCCCC3)CC2)c1. The van der Waals surface area contributed by atoms with Gasteiger partial charge in [0.25, 0.3) is 5.91 Å². The van der Waals surface area contributed by atoms with E-state index in [1.807, 2.05) is 4.90 Å². The molecule has 4 heteroatoms. The van der Waals surface area contributed by atoms with Crippen molar-refractivity contribution in [3.05, 3.63) is 29.3 Å². The molecule has 2 aliphatic heterocycles. The van der Waals surface area contributed by atoms with E-state index < -0.39 is 0 Å². The molecule has 156 valence electrons. The van der Waals surface area contributed by atoms with Crippen molar-refractivity contribution in [3.8, 4) is 5.75 Å². The lowest BCUT2D eigenvalue weighted by atomic mass is 9.93. The Morgan fingerprint density at radius 2 is 1.82 bits per heavy atom. The van der Waals surface area contributed by atoms with E-state index in [1.165, 1.54) is 56.4 Å². The number of piperidine rings is 2. The Bertz CT molecular complexity index is 629. The van der Waals surface area contributed by atoms with Gasteiger partial charge in [-0.2, -0.15) is 0 Å². The summed E-state index contributed by atoms with van der Waals surface area (Å²) in [6, 6.07) is 6.28.